The molecule has 0 bridgehead atoms. The van der Waals surface area contributed by atoms with Gasteiger partial charge in [-0.2, -0.15) is 0 Å². The van der Waals surface area contributed by atoms with Crippen LogP contribution in [0.25, 0.3) is 137 Å². The van der Waals surface area contributed by atoms with Crippen LogP contribution >= 0.6 is 11.3 Å². The molecule has 2 aliphatic carbocycles. The van der Waals surface area contributed by atoms with Crippen LogP contribution in [0.5, 0.6) is 0 Å². The number of aromatic nitrogens is 5. The largest absolute Gasteiger partial charge is 0.456 e. The number of allylic oxidation sites excluding steroid dienone is 1. The van der Waals surface area contributed by atoms with Crippen LogP contribution < -0.4 is 0 Å². The van der Waals surface area contributed by atoms with Crippen molar-refractivity contribution in [2.75, 3.05) is 0 Å². The van der Waals surface area contributed by atoms with Crippen LogP contribution in [0.2, 0.25) is 0 Å². The van der Waals surface area contributed by atoms with Gasteiger partial charge in [0, 0.05) is 80.7 Å². The molecule has 5 aromatic heterocycles. The Morgan fingerprint density at radius 1 is 0.418 bits per heavy atom. The molecular weight excluding hydrogens is 983 g/mol. The van der Waals surface area contributed by atoms with Crippen molar-refractivity contribution in [3.63, 3.8) is 0 Å². The number of hydrogen-bond acceptors (Lipinski definition) is 5. The Kier molecular flexibility index (Phi) is 10.3. The lowest BCUT2D eigenvalue weighted by atomic mass is 9.88. The SMILES string of the molecule is C1=C(c2cccc(-c3cccc4sc5ccccc5c34)c2)c2c(c3cc(-n4c5ccccc5c5ccccc54)ccc3n2-c2cccc(-c3nc(-c4ccccc4)nc(-c4ccc5c(c4)oc4ccccc45)n3)c2)C2CC12.CC. The molecular formula is C72H49N5OS. The predicted molar refractivity (Wildman–Crippen MR) is 329 cm³/mol. The summed E-state index contributed by atoms with van der Waals surface area (Å²) in [6, 6.07) is 83.0. The van der Waals surface area contributed by atoms with Gasteiger partial charge in [0.25, 0.3) is 0 Å². The van der Waals surface area contributed by atoms with Crippen LogP contribution in [0.4, 0.5) is 0 Å². The van der Waals surface area contributed by atoms with E-state index >= 15 is 0 Å². The summed E-state index contributed by atoms with van der Waals surface area (Å²) in [6.45, 7) is 4.00. The number of para-hydroxylation sites is 3. The highest BCUT2D eigenvalue weighted by molar-refractivity contribution is 7.25. The van der Waals surface area contributed by atoms with Crippen molar-refractivity contribution in [1.29, 1.82) is 0 Å². The Balaban J connectivity index is 0.00000257. The fourth-order valence-corrected chi connectivity index (χ4v) is 13.8. The fourth-order valence-electron chi connectivity index (χ4n) is 12.7. The Morgan fingerprint density at radius 2 is 1.01 bits per heavy atom. The Hall–Kier alpha value is -9.69. The third-order valence-corrected chi connectivity index (χ3v) is 17.4. The molecule has 5 heterocycles. The standard InChI is InChI=1S/C70H43N5OS.C2H6/c1-2-15-41(16-3-1)68-71-69(73-70(72-68)45-31-33-53-52-23-6-10-28-61(52)76-62(53)39-45)44-19-13-20-47(36-44)75-60-34-32-48(74-58-26-8-4-21-50(58)51-22-5-9-27-59(51)74)40-57(60)66-55-37-46(55)38-56(67(66)75)43-18-12-17-42(35-43)49-25-14-30-64-65(49)54-24-7-11-29-63(54)77-64;1-2/h1-36,38-40,46,55H,37H2;1-2H3. The van der Waals surface area contributed by atoms with Gasteiger partial charge in [-0.25, -0.2) is 15.0 Å². The van der Waals surface area contributed by atoms with Gasteiger partial charge in [-0.15, -0.1) is 11.3 Å². The van der Waals surface area contributed by atoms with E-state index in [1.54, 1.807) is 0 Å². The predicted octanol–water partition coefficient (Wildman–Crippen LogP) is 19.4. The molecule has 6 nitrogen and oxygen atoms in total. The minimum atomic E-state index is 0.409. The molecule has 0 amide bonds. The van der Waals surface area contributed by atoms with E-state index < -0.39 is 0 Å². The third kappa shape index (κ3) is 7.20. The maximum Gasteiger partial charge on any atom is 0.164 e. The van der Waals surface area contributed by atoms with Crippen LogP contribution in [-0.4, -0.2) is 24.1 Å². The van der Waals surface area contributed by atoms with E-state index in [0.717, 1.165) is 56.4 Å². The van der Waals surface area contributed by atoms with Gasteiger partial charge in [0.1, 0.15) is 11.2 Å². The van der Waals surface area contributed by atoms with Crippen molar-refractivity contribution < 1.29 is 4.42 Å². The van der Waals surface area contributed by atoms with Crippen LogP contribution in [0, 0.1) is 5.92 Å². The highest BCUT2D eigenvalue weighted by atomic mass is 32.1. The highest BCUT2D eigenvalue weighted by Crippen LogP contribution is 2.59. The normalized spacial score (nSPS) is 14.7. The first-order valence-electron chi connectivity index (χ1n) is 27.4. The molecule has 1 fully saturated rings. The summed E-state index contributed by atoms with van der Waals surface area (Å²) in [4.78, 5) is 15.7. The van der Waals surface area contributed by atoms with Gasteiger partial charge in [-0.1, -0.05) is 172 Å². The molecule has 0 aliphatic heterocycles. The fraction of sp³-hybridized carbons (Fsp3) is 0.0694. The van der Waals surface area contributed by atoms with Crippen molar-refractivity contribution >= 4 is 91.7 Å². The van der Waals surface area contributed by atoms with Gasteiger partial charge >= 0.3 is 0 Å². The average molecular weight is 1030 g/mol. The third-order valence-electron chi connectivity index (χ3n) is 16.2. The number of rotatable bonds is 7. The number of furan rings is 1. The number of hydrogen-bond donors (Lipinski definition) is 0. The molecule has 7 heteroatoms. The van der Waals surface area contributed by atoms with Gasteiger partial charge in [-0.3, -0.25) is 0 Å². The van der Waals surface area contributed by atoms with Crippen molar-refractivity contribution in [2.45, 2.75) is 26.2 Å². The second-order valence-electron chi connectivity index (χ2n) is 20.6. The quantitative estimate of drug-likeness (QED) is 0.160. The minimum Gasteiger partial charge on any atom is -0.456 e. The van der Waals surface area contributed by atoms with Crippen LogP contribution in [0.3, 0.4) is 0 Å². The number of fused-ring (bicyclic) bond motifs is 14. The molecule has 0 N–H and O–H groups in total. The molecule has 0 spiro atoms. The first-order chi connectivity index (χ1) is 39.1. The van der Waals surface area contributed by atoms with Gasteiger partial charge in [0.15, 0.2) is 17.5 Å². The maximum atomic E-state index is 6.38. The van der Waals surface area contributed by atoms with E-state index in [9.17, 15) is 0 Å². The van der Waals surface area contributed by atoms with Crippen molar-refractivity contribution in [1.82, 2.24) is 24.1 Å². The van der Waals surface area contributed by atoms with Gasteiger partial charge in [0.05, 0.1) is 22.2 Å². The maximum absolute atomic E-state index is 6.38. The van der Waals surface area contributed by atoms with Crippen molar-refractivity contribution in [3.8, 4) is 56.7 Å². The summed E-state index contributed by atoms with van der Waals surface area (Å²) in [7, 11) is 0. The average Bonchev–Trinajstić information content (AvgIpc) is 3.49. The molecule has 374 valence electrons. The van der Waals surface area contributed by atoms with Gasteiger partial charge in [-0.05, 0) is 119 Å². The lowest BCUT2D eigenvalue weighted by Crippen LogP contribution is -2.06. The van der Waals surface area contributed by atoms with E-state index in [2.05, 4.69) is 209 Å². The molecule has 79 heavy (non-hydrogen) atoms. The molecule has 2 aliphatic rings. The first-order valence-corrected chi connectivity index (χ1v) is 28.2. The lowest BCUT2D eigenvalue weighted by molar-refractivity contribution is 0.669. The van der Waals surface area contributed by atoms with Crippen LogP contribution in [0.1, 0.15) is 43.0 Å². The zero-order valence-electron chi connectivity index (χ0n) is 43.4. The molecule has 17 rings (SSSR count). The highest BCUT2D eigenvalue weighted by Gasteiger charge is 2.45. The van der Waals surface area contributed by atoms with E-state index in [0.29, 0.717) is 29.3 Å². The topological polar surface area (TPSA) is 61.7 Å². The molecule has 2 atom stereocenters. The summed E-state index contributed by atoms with van der Waals surface area (Å²) >= 11 is 1.87. The van der Waals surface area contributed by atoms with E-state index in [1.165, 1.54) is 86.4 Å². The Labute approximate surface area is 459 Å². The molecule has 2 unspecified atom stereocenters. The smallest absolute Gasteiger partial charge is 0.164 e. The second kappa shape index (κ2) is 17.9. The number of thiophene rings is 1. The molecule has 0 radical (unpaired) electrons. The van der Waals surface area contributed by atoms with E-state index in [-0.39, 0.29) is 0 Å². The van der Waals surface area contributed by atoms with Gasteiger partial charge in [0.2, 0.25) is 0 Å². The van der Waals surface area contributed by atoms with Gasteiger partial charge < -0.3 is 13.6 Å². The monoisotopic (exact) mass is 1030 g/mol. The minimum absolute atomic E-state index is 0.409. The second-order valence-corrected chi connectivity index (χ2v) is 21.7. The summed E-state index contributed by atoms with van der Waals surface area (Å²) in [5, 5.41) is 8.56. The summed E-state index contributed by atoms with van der Waals surface area (Å²) < 4.78 is 14.0. The summed E-state index contributed by atoms with van der Waals surface area (Å²) in [5.74, 6) is 2.65. The summed E-state index contributed by atoms with van der Waals surface area (Å²) in [5.41, 5.74) is 17.7. The molecule has 0 saturated heterocycles. The summed E-state index contributed by atoms with van der Waals surface area (Å²) in [6.07, 6.45) is 3.69. The number of benzene rings is 10. The molecule has 1 saturated carbocycles. The Morgan fingerprint density at radius 3 is 1.82 bits per heavy atom. The molecule has 15 aromatic rings. The zero-order valence-corrected chi connectivity index (χ0v) is 44.2. The first kappa shape index (κ1) is 45.5. The molecule has 10 aromatic carbocycles. The lowest BCUT2D eigenvalue weighted by Gasteiger charge is -2.20. The van der Waals surface area contributed by atoms with Crippen molar-refractivity contribution in [3.05, 3.63) is 253 Å². The zero-order chi connectivity index (χ0) is 52.3. The Bertz CT molecular complexity index is 4940. The number of nitrogens with zero attached hydrogens (tertiary/aromatic N) is 5. The van der Waals surface area contributed by atoms with Crippen LogP contribution in [-0.2, 0) is 0 Å². The van der Waals surface area contributed by atoms with E-state index in [1.807, 2.05) is 61.6 Å². The van der Waals surface area contributed by atoms with E-state index in [4.69, 9.17) is 19.4 Å². The van der Waals surface area contributed by atoms with Crippen LogP contribution in [0.15, 0.2) is 241 Å². The van der Waals surface area contributed by atoms with Crippen molar-refractivity contribution in [2.24, 2.45) is 5.92 Å².